The molecular formula is C11H20O. The first kappa shape index (κ1) is 8.55. The van der Waals surface area contributed by atoms with Crippen molar-refractivity contribution in [1.82, 2.24) is 0 Å². The highest BCUT2D eigenvalue weighted by atomic mass is 16.3. The van der Waals surface area contributed by atoms with Crippen LogP contribution in [-0.4, -0.2) is 10.7 Å². The van der Waals surface area contributed by atoms with Gasteiger partial charge in [-0.1, -0.05) is 26.7 Å². The summed E-state index contributed by atoms with van der Waals surface area (Å²) in [6.07, 6.45) is 7.08. The molecule has 1 heteroatoms. The molecule has 1 N–H and O–H groups in total. The minimum Gasteiger partial charge on any atom is -0.390 e. The summed E-state index contributed by atoms with van der Waals surface area (Å²) in [7, 11) is 0. The van der Waals surface area contributed by atoms with Crippen molar-refractivity contribution >= 4 is 0 Å². The minimum absolute atomic E-state index is 0.287. The van der Waals surface area contributed by atoms with Gasteiger partial charge in [0.15, 0.2) is 0 Å². The second-order valence-corrected chi connectivity index (χ2v) is 5.73. The van der Waals surface area contributed by atoms with Gasteiger partial charge in [-0.2, -0.15) is 0 Å². The van der Waals surface area contributed by atoms with Crippen molar-refractivity contribution in [3.05, 3.63) is 0 Å². The largest absolute Gasteiger partial charge is 0.390 e. The summed E-state index contributed by atoms with van der Waals surface area (Å²) in [6.45, 7) is 4.60. The van der Waals surface area contributed by atoms with Crippen LogP contribution < -0.4 is 0 Å². The van der Waals surface area contributed by atoms with Crippen molar-refractivity contribution in [1.29, 1.82) is 0 Å². The van der Waals surface area contributed by atoms with E-state index in [2.05, 4.69) is 13.8 Å². The molecule has 2 rings (SSSR count). The predicted octanol–water partition coefficient (Wildman–Crippen LogP) is 2.73. The maximum absolute atomic E-state index is 10.2. The lowest BCUT2D eigenvalue weighted by Crippen LogP contribution is -2.45. The fourth-order valence-corrected chi connectivity index (χ4v) is 3.54. The van der Waals surface area contributed by atoms with E-state index in [0.717, 1.165) is 25.2 Å². The SMILES string of the molecule is CC1(C)CC2CCCC(O)(C2)C1. The van der Waals surface area contributed by atoms with Crippen LogP contribution in [0.15, 0.2) is 0 Å². The Bertz CT molecular complexity index is 183. The molecule has 2 aliphatic rings. The van der Waals surface area contributed by atoms with Crippen molar-refractivity contribution in [2.24, 2.45) is 11.3 Å². The third-order valence-electron chi connectivity index (χ3n) is 3.57. The van der Waals surface area contributed by atoms with Crippen molar-refractivity contribution in [2.45, 2.75) is 58.0 Å². The molecule has 0 amide bonds. The molecule has 0 radical (unpaired) electrons. The van der Waals surface area contributed by atoms with E-state index in [4.69, 9.17) is 0 Å². The van der Waals surface area contributed by atoms with Gasteiger partial charge in [-0.15, -0.1) is 0 Å². The van der Waals surface area contributed by atoms with Crippen LogP contribution in [0.1, 0.15) is 52.4 Å². The van der Waals surface area contributed by atoms with E-state index in [9.17, 15) is 5.11 Å². The molecule has 2 unspecified atom stereocenters. The van der Waals surface area contributed by atoms with Gasteiger partial charge in [0, 0.05) is 0 Å². The molecule has 2 fully saturated rings. The van der Waals surface area contributed by atoms with Gasteiger partial charge < -0.3 is 5.11 Å². The Morgan fingerprint density at radius 2 is 2.00 bits per heavy atom. The Morgan fingerprint density at radius 1 is 1.25 bits per heavy atom. The van der Waals surface area contributed by atoms with Crippen molar-refractivity contribution in [3.8, 4) is 0 Å². The molecule has 0 aromatic heterocycles. The van der Waals surface area contributed by atoms with Gasteiger partial charge in [-0.25, -0.2) is 0 Å². The highest BCUT2D eigenvalue weighted by molar-refractivity contribution is 4.96. The first-order valence-electron chi connectivity index (χ1n) is 5.22. The number of rotatable bonds is 0. The molecule has 2 bridgehead atoms. The lowest BCUT2D eigenvalue weighted by atomic mass is 9.60. The summed E-state index contributed by atoms with van der Waals surface area (Å²) in [4.78, 5) is 0. The molecule has 0 aliphatic heterocycles. The Morgan fingerprint density at radius 3 is 2.67 bits per heavy atom. The maximum Gasteiger partial charge on any atom is 0.0655 e. The molecule has 2 saturated carbocycles. The van der Waals surface area contributed by atoms with Crippen LogP contribution in [0, 0.1) is 11.3 Å². The molecule has 2 aliphatic carbocycles. The highest BCUT2D eigenvalue weighted by Crippen LogP contribution is 2.50. The minimum atomic E-state index is -0.287. The van der Waals surface area contributed by atoms with Gasteiger partial charge in [-0.05, 0) is 37.0 Å². The van der Waals surface area contributed by atoms with Crippen LogP contribution >= 0.6 is 0 Å². The lowest BCUT2D eigenvalue weighted by molar-refractivity contribution is -0.0887. The number of hydrogen-bond acceptors (Lipinski definition) is 1. The van der Waals surface area contributed by atoms with E-state index in [1.807, 2.05) is 0 Å². The van der Waals surface area contributed by atoms with Gasteiger partial charge in [0.1, 0.15) is 0 Å². The normalized spacial score (nSPS) is 45.8. The molecular weight excluding hydrogens is 148 g/mol. The Hall–Kier alpha value is -0.0400. The summed E-state index contributed by atoms with van der Waals surface area (Å²) >= 11 is 0. The first-order valence-corrected chi connectivity index (χ1v) is 5.22. The third-order valence-corrected chi connectivity index (χ3v) is 3.57. The molecule has 0 heterocycles. The van der Waals surface area contributed by atoms with Crippen LogP contribution in [0.5, 0.6) is 0 Å². The van der Waals surface area contributed by atoms with Gasteiger partial charge in [-0.3, -0.25) is 0 Å². The van der Waals surface area contributed by atoms with Gasteiger partial charge in [0.05, 0.1) is 5.60 Å². The Balaban J connectivity index is 2.16. The molecule has 0 aromatic rings. The number of hydrogen-bond donors (Lipinski definition) is 1. The van der Waals surface area contributed by atoms with E-state index in [0.29, 0.717) is 5.41 Å². The molecule has 0 saturated heterocycles. The summed E-state index contributed by atoms with van der Waals surface area (Å²) in [6, 6.07) is 0. The van der Waals surface area contributed by atoms with Crippen molar-refractivity contribution in [2.75, 3.05) is 0 Å². The van der Waals surface area contributed by atoms with E-state index < -0.39 is 0 Å². The van der Waals surface area contributed by atoms with Gasteiger partial charge in [0.25, 0.3) is 0 Å². The quantitative estimate of drug-likeness (QED) is 0.589. The van der Waals surface area contributed by atoms with Crippen LogP contribution in [0.3, 0.4) is 0 Å². The number of aliphatic hydroxyl groups is 1. The summed E-state index contributed by atoms with van der Waals surface area (Å²) in [5, 5.41) is 10.2. The number of fused-ring (bicyclic) bond motifs is 2. The first-order chi connectivity index (χ1) is 5.49. The summed E-state index contributed by atoms with van der Waals surface area (Å²) in [5.41, 5.74) is 0.1000. The topological polar surface area (TPSA) is 20.2 Å². The molecule has 2 atom stereocenters. The van der Waals surface area contributed by atoms with Gasteiger partial charge in [0.2, 0.25) is 0 Å². The Labute approximate surface area is 75.2 Å². The van der Waals surface area contributed by atoms with Crippen molar-refractivity contribution in [3.63, 3.8) is 0 Å². The predicted molar refractivity (Wildman–Crippen MR) is 49.9 cm³/mol. The second kappa shape index (κ2) is 2.47. The maximum atomic E-state index is 10.2. The Kier molecular flexibility index (Phi) is 1.76. The monoisotopic (exact) mass is 168 g/mol. The smallest absolute Gasteiger partial charge is 0.0655 e. The fourth-order valence-electron chi connectivity index (χ4n) is 3.54. The highest BCUT2D eigenvalue weighted by Gasteiger charge is 2.44. The van der Waals surface area contributed by atoms with Crippen LogP contribution in [0.2, 0.25) is 0 Å². The summed E-state index contributed by atoms with van der Waals surface area (Å²) in [5.74, 6) is 0.812. The zero-order chi connectivity index (χ0) is 8.82. The molecule has 0 aromatic carbocycles. The summed E-state index contributed by atoms with van der Waals surface area (Å²) < 4.78 is 0. The van der Waals surface area contributed by atoms with E-state index in [1.165, 1.54) is 19.3 Å². The zero-order valence-electron chi connectivity index (χ0n) is 8.27. The van der Waals surface area contributed by atoms with Crippen LogP contribution in [0.25, 0.3) is 0 Å². The molecule has 12 heavy (non-hydrogen) atoms. The fraction of sp³-hybridized carbons (Fsp3) is 1.00. The molecule has 0 spiro atoms. The van der Waals surface area contributed by atoms with Crippen molar-refractivity contribution < 1.29 is 5.11 Å². The second-order valence-electron chi connectivity index (χ2n) is 5.73. The molecule has 1 nitrogen and oxygen atoms in total. The zero-order valence-corrected chi connectivity index (χ0v) is 8.27. The van der Waals surface area contributed by atoms with Crippen LogP contribution in [0.4, 0.5) is 0 Å². The standard InChI is InChI=1S/C11H20O/c1-10(2)6-9-4-3-5-11(12,7-9)8-10/h9,12H,3-8H2,1-2H3. The van der Waals surface area contributed by atoms with E-state index in [-0.39, 0.29) is 5.60 Å². The van der Waals surface area contributed by atoms with Crippen LogP contribution in [-0.2, 0) is 0 Å². The average Bonchev–Trinajstić information content (AvgIpc) is 1.79. The van der Waals surface area contributed by atoms with E-state index >= 15 is 0 Å². The average molecular weight is 168 g/mol. The molecule has 70 valence electrons. The van der Waals surface area contributed by atoms with E-state index in [1.54, 1.807) is 0 Å². The van der Waals surface area contributed by atoms with Gasteiger partial charge >= 0.3 is 0 Å². The lowest BCUT2D eigenvalue weighted by Gasteiger charge is -2.48. The third kappa shape index (κ3) is 1.52.